The molecule has 1 atom stereocenters. The standard InChI is InChI=1S/C16H19NO2/c1-3-12-6-8-13(9-7-12)11-15(18)14-5-4-10-17-16(14)19-2/h4-10,15,18H,3,11H2,1-2H3. The fourth-order valence-corrected chi connectivity index (χ4v) is 2.07. The van der Waals surface area contributed by atoms with Crippen molar-refractivity contribution in [3.63, 3.8) is 0 Å². The minimum atomic E-state index is -0.601. The number of hydrogen-bond acceptors (Lipinski definition) is 3. The number of hydrogen-bond donors (Lipinski definition) is 1. The Kier molecular flexibility index (Phi) is 4.53. The third kappa shape index (κ3) is 3.32. The fraction of sp³-hybridized carbons (Fsp3) is 0.312. The number of pyridine rings is 1. The van der Waals surface area contributed by atoms with E-state index in [2.05, 4.69) is 36.2 Å². The van der Waals surface area contributed by atoms with Crippen molar-refractivity contribution in [1.29, 1.82) is 0 Å². The maximum Gasteiger partial charge on any atom is 0.218 e. The first-order chi connectivity index (χ1) is 9.24. The molecule has 3 heteroatoms. The van der Waals surface area contributed by atoms with Gasteiger partial charge >= 0.3 is 0 Å². The highest BCUT2D eigenvalue weighted by Crippen LogP contribution is 2.25. The van der Waals surface area contributed by atoms with Gasteiger partial charge in [0.2, 0.25) is 5.88 Å². The summed E-state index contributed by atoms with van der Waals surface area (Å²) in [6.45, 7) is 2.13. The average Bonchev–Trinajstić information content (AvgIpc) is 2.48. The second-order valence-corrected chi connectivity index (χ2v) is 4.49. The van der Waals surface area contributed by atoms with E-state index in [1.165, 1.54) is 5.56 Å². The van der Waals surface area contributed by atoms with Crippen LogP contribution in [0, 0.1) is 0 Å². The highest BCUT2D eigenvalue weighted by atomic mass is 16.5. The van der Waals surface area contributed by atoms with Gasteiger partial charge in [0.15, 0.2) is 0 Å². The second-order valence-electron chi connectivity index (χ2n) is 4.49. The third-order valence-corrected chi connectivity index (χ3v) is 3.21. The summed E-state index contributed by atoms with van der Waals surface area (Å²) in [6, 6.07) is 12.0. The first-order valence-corrected chi connectivity index (χ1v) is 6.49. The van der Waals surface area contributed by atoms with E-state index >= 15 is 0 Å². The maximum atomic E-state index is 10.3. The number of benzene rings is 1. The lowest BCUT2D eigenvalue weighted by Crippen LogP contribution is -2.05. The van der Waals surface area contributed by atoms with Crippen LogP contribution in [-0.4, -0.2) is 17.2 Å². The molecule has 2 rings (SSSR count). The molecule has 100 valence electrons. The van der Waals surface area contributed by atoms with Crippen molar-refractivity contribution >= 4 is 0 Å². The molecule has 1 heterocycles. The van der Waals surface area contributed by atoms with Gasteiger partial charge in [-0.15, -0.1) is 0 Å². The summed E-state index contributed by atoms with van der Waals surface area (Å²) in [5.74, 6) is 0.486. The van der Waals surface area contributed by atoms with E-state index in [0.717, 1.165) is 17.5 Å². The molecule has 1 unspecified atom stereocenters. The molecule has 0 bridgehead atoms. The van der Waals surface area contributed by atoms with Gasteiger partial charge in [-0.1, -0.05) is 31.2 Å². The third-order valence-electron chi connectivity index (χ3n) is 3.21. The summed E-state index contributed by atoms with van der Waals surface area (Å²) in [7, 11) is 1.56. The lowest BCUT2D eigenvalue weighted by atomic mass is 10.0. The molecule has 3 nitrogen and oxygen atoms in total. The first-order valence-electron chi connectivity index (χ1n) is 6.49. The minimum Gasteiger partial charge on any atom is -0.481 e. The summed E-state index contributed by atoms with van der Waals surface area (Å²) in [4.78, 5) is 4.11. The van der Waals surface area contributed by atoms with Gasteiger partial charge in [0, 0.05) is 18.2 Å². The number of methoxy groups -OCH3 is 1. The van der Waals surface area contributed by atoms with Crippen molar-refractivity contribution in [2.45, 2.75) is 25.9 Å². The summed E-state index contributed by atoms with van der Waals surface area (Å²) >= 11 is 0. The van der Waals surface area contributed by atoms with E-state index in [0.29, 0.717) is 12.3 Å². The zero-order valence-electron chi connectivity index (χ0n) is 11.3. The number of aliphatic hydroxyl groups excluding tert-OH is 1. The molecule has 0 aliphatic rings. The molecular formula is C16H19NO2. The zero-order valence-corrected chi connectivity index (χ0v) is 11.3. The van der Waals surface area contributed by atoms with E-state index in [-0.39, 0.29) is 0 Å². The van der Waals surface area contributed by atoms with Crippen molar-refractivity contribution in [2.75, 3.05) is 7.11 Å². The molecule has 1 aromatic heterocycles. The number of aromatic nitrogens is 1. The van der Waals surface area contributed by atoms with E-state index in [9.17, 15) is 5.11 Å². The van der Waals surface area contributed by atoms with E-state index in [1.54, 1.807) is 19.4 Å². The largest absolute Gasteiger partial charge is 0.481 e. The summed E-state index contributed by atoms with van der Waals surface area (Å²) < 4.78 is 5.17. The average molecular weight is 257 g/mol. The van der Waals surface area contributed by atoms with Crippen molar-refractivity contribution in [1.82, 2.24) is 4.98 Å². The van der Waals surface area contributed by atoms with E-state index in [1.807, 2.05) is 6.07 Å². The Morgan fingerprint density at radius 2 is 1.84 bits per heavy atom. The van der Waals surface area contributed by atoms with Crippen LogP contribution >= 0.6 is 0 Å². The summed E-state index contributed by atoms with van der Waals surface area (Å²) in [5.41, 5.74) is 3.14. The SMILES string of the molecule is CCc1ccc(CC(O)c2cccnc2OC)cc1. The Hall–Kier alpha value is -1.87. The smallest absolute Gasteiger partial charge is 0.218 e. The van der Waals surface area contributed by atoms with Crippen LogP contribution in [0.4, 0.5) is 0 Å². The highest BCUT2D eigenvalue weighted by molar-refractivity contribution is 5.30. The molecule has 2 aromatic rings. The van der Waals surface area contributed by atoms with Gasteiger partial charge in [0.05, 0.1) is 13.2 Å². The van der Waals surface area contributed by atoms with Crippen molar-refractivity contribution in [2.24, 2.45) is 0 Å². The fourth-order valence-electron chi connectivity index (χ4n) is 2.07. The molecule has 0 radical (unpaired) electrons. The quantitative estimate of drug-likeness (QED) is 0.895. The number of ether oxygens (including phenoxy) is 1. The Morgan fingerprint density at radius 3 is 2.47 bits per heavy atom. The monoisotopic (exact) mass is 257 g/mol. The van der Waals surface area contributed by atoms with Gasteiger partial charge in [0.25, 0.3) is 0 Å². The topological polar surface area (TPSA) is 42.4 Å². The van der Waals surface area contributed by atoms with Crippen LogP contribution in [-0.2, 0) is 12.8 Å². The second kappa shape index (κ2) is 6.34. The minimum absolute atomic E-state index is 0.486. The van der Waals surface area contributed by atoms with Gasteiger partial charge in [-0.3, -0.25) is 0 Å². The van der Waals surface area contributed by atoms with Gasteiger partial charge in [0.1, 0.15) is 0 Å². The predicted molar refractivity (Wildman–Crippen MR) is 75.3 cm³/mol. The molecule has 0 spiro atoms. The number of aryl methyl sites for hydroxylation is 1. The normalized spacial score (nSPS) is 12.2. The number of aliphatic hydroxyl groups is 1. The van der Waals surface area contributed by atoms with Crippen LogP contribution in [0.15, 0.2) is 42.6 Å². The van der Waals surface area contributed by atoms with Crippen LogP contribution in [0.3, 0.4) is 0 Å². The van der Waals surface area contributed by atoms with Crippen LogP contribution in [0.25, 0.3) is 0 Å². The van der Waals surface area contributed by atoms with E-state index in [4.69, 9.17) is 4.74 Å². The van der Waals surface area contributed by atoms with Gasteiger partial charge in [-0.2, -0.15) is 0 Å². The lowest BCUT2D eigenvalue weighted by Gasteiger charge is -2.14. The summed E-state index contributed by atoms with van der Waals surface area (Å²) in [6.07, 6.45) is 2.65. The lowest BCUT2D eigenvalue weighted by molar-refractivity contribution is 0.173. The Bertz CT molecular complexity index is 523. The Balaban J connectivity index is 2.13. The zero-order chi connectivity index (χ0) is 13.7. The predicted octanol–water partition coefficient (Wildman–Crippen LogP) is 2.93. The van der Waals surface area contributed by atoms with Crippen molar-refractivity contribution in [3.05, 3.63) is 59.3 Å². The molecule has 19 heavy (non-hydrogen) atoms. The molecule has 0 fully saturated rings. The first kappa shape index (κ1) is 13.6. The molecule has 0 aliphatic carbocycles. The molecule has 0 saturated heterocycles. The maximum absolute atomic E-state index is 10.3. The molecule has 1 aromatic carbocycles. The van der Waals surface area contributed by atoms with E-state index < -0.39 is 6.10 Å². The Morgan fingerprint density at radius 1 is 1.16 bits per heavy atom. The van der Waals surface area contributed by atoms with Crippen LogP contribution in [0.1, 0.15) is 29.7 Å². The van der Waals surface area contributed by atoms with Crippen LogP contribution < -0.4 is 4.74 Å². The van der Waals surface area contributed by atoms with Gasteiger partial charge in [-0.25, -0.2) is 4.98 Å². The molecule has 1 N–H and O–H groups in total. The summed E-state index contributed by atoms with van der Waals surface area (Å²) in [5, 5.41) is 10.3. The van der Waals surface area contributed by atoms with Crippen molar-refractivity contribution < 1.29 is 9.84 Å². The molecule has 0 aliphatic heterocycles. The van der Waals surface area contributed by atoms with Gasteiger partial charge < -0.3 is 9.84 Å². The molecule has 0 saturated carbocycles. The van der Waals surface area contributed by atoms with Gasteiger partial charge in [-0.05, 0) is 29.7 Å². The number of rotatable bonds is 5. The van der Waals surface area contributed by atoms with Crippen molar-refractivity contribution in [3.8, 4) is 5.88 Å². The van der Waals surface area contributed by atoms with Crippen LogP contribution in [0.5, 0.6) is 5.88 Å². The number of nitrogens with zero attached hydrogens (tertiary/aromatic N) is 1. The molecule has 0 amide bonds. The highest BCUT2D eigenvalue weighted by Gasteiger charge is 2.14. The van der Waals surface area contributed by atoms with Crippen LogP contribution in [0.2, 0.25) is 0 Å². The molecular weight excluding hydrogens is 238 g/mol. The Labute approximate surface area is 113 Å².